The fraction of sp³-hybridized carbons (Fsp3) is 0.538. The molecular weight excluding hydrogens is 372 g/mol. The smallest absolute Gasteiger partial charge is 0.103 e. The van der Waals surface area contributed by atoms with Crippen molar-refractivity contribution in [2.75, 3.05) is 4.90 Å². The maximum atomic E-state index is 2.93. The summed E-state index contributed by atoms with van der Waals surface area (Å²) in [6.45, 7) is 4.81. The average Bonchev–Trinajstić information content (AvgIpc) is 3.31. The van der Waals surface area contributed by atoms with Crippen LogP contribution in [0.2, 0.25) is 0 Å². The Morgan fingerprint density at radius 3 is 2.34 bits per heavy atom. The van der Waals surface area contributed by atoms with E-state index in [1.807, 2.05) is 0 Å². The molecule has 0 radical (unpaired) electrons. The average molecular weight is 403 g/mol. The number of nitrogens with zero attached hydrogens (tertiary/aromatic N) is 2. The highest BCUT2D eigenvalue weighted by atomic mass is 32.1. The Kier molecular flexibility index (Phi) is 3.22. The van der Waals surface area contributed by atoms with E-state index in [9.17, 15) is 0 Å². The summed E-state index contributed by atoms with van der Waals surface area (Å²) >= 11 is 2.13. The van der Waals surface area contributed by atoms with Crippen LogP contribution in [0.15, 0.2) is 36.5 Å². The van der Waals surface area contributed by atoms with Crippen LogP contribution in [0, 0.1) is 30.6 Å². The molecule has 3 heterocycles. The standard InChI is InChI=1S/C26H30N2S/c1-15-6-4-5-7-22(15)28-16(2)23-21-8-9-27(3)25(21)29-24(23)26(28)19-11-17-10-18(13-19)14-20(26)12-17/h4-9,16-20H,10-14H2,1-3H3/t16-,17?,18?,19?,20?,26?/m0/s1. The molecule has 1 aromatic carbocycles. The quantitative estimate of drug-likeness (QED) is 0.435. The van der Waals surface area contributed by atoms with Crippen molar-refractivity contribution < 1.29 is 0 Å². The van der Waals surface area contributed by atoms with Gasteiger partial charge in [0.15, 0.2) is 0 Å². The van der Waals surface area contributed by atoms with Crippen LogP contribution in [-0.2, 0) is 12.6 Å². The lowest BCUT2D eigenvalue weighted by molar-refractivity contribution is -0.0588. The lowest BCUT2D eigenvalue weighted by Gasteiger charge is -2.63. The number of hydrogen-bond acceptors (Lipinski definition) is 2. The minimum atomic E-state index is 0.234. The number of anilines is 1. The van der Waals surface area contributed by atoms with Gasteiger partial charge in [-0.3, -0.25) is 0 Å². The van der Waals surface area contributed by atoms with E-state index in [1.54, 1.807) is 10.4 Å². The summed E-state index contributed by atoms with van der Waals surface area (Å²) in [4.78, 5) is 6.16. The number of rotatable bonds is 1. The minimum absolute atomic E-state index is 0.234. The molecule has 150 valence electrons. The van der Waals surface area contributed by atoms with Crippen LogP contribution >= 0.6 is 11.3 Å². The van der Waals surface area contributed by atoms with Gasteiger partial charge in [-0.2, -0.15) is 0 Å². The first kappa shape index (κ1) is 17.0. The molecule has 8 rings (SSSR count). The molecule has 0 amide bonds. The van der Waals surface area contributed by atoms with Crippen LogP contribution in [0.5, 0.6) is 0 Å². The lowest BCUT2D eigenvalue weighted by atomic mass is 9.48. The Hall–Kier alpha value is -1.74. The molecule has 2 nitrogen and oxygen atoms in total. The Bertz CT molecular complexity index is 1110. The van der Waals surface area contributed by atoms with E-state index in [2.05, 4.69) is 78.2 Å². The molecule has 3 heteroatoms. The second-order valence-electron chi connectivity index (χ2n) is 10.5. The van der Waals surface area contributed by atoms with Gasteiger partial charge in [0.2, 0.25) is 0 Å². The van der Waals surface area contributed by atoms with Gasteiger partial charge >= 0.3 is 0 Å². The van der Waals surface area contributed by atoms with Gasteiger partial charge in [0.05, 0.1) is 11.6 Å². The van der Waals surface area contributed by atoms with E-state index in [4.69, 9.17) is 0 Å². The Morgan fingerprint density at radius 2 is 1.66 bits per heavy atom. The molecule has 5 aliphatic rings. The molecule has 4 bridgehead atoms. The number of thiophene rings is 1. The van der Waals surface area contributed by atoms with Crippen molar-refractivity contribution >= 4 is 27.2 Å². The number of benzene rings is 1. The number of aryl methyl sites for hydroxylation is 2. The summed E-state index contributed by atoms with van der Waals surface area (Å²) in [5.41, 5.74) is 4.81. The van der Waals surface area contributed by atoms with Crippen molar-refractivity contribution in [1.29, 1.82) is 0 Å². The fourth-order valence-corrected chi connectivity index (χ4v) is 9.97. The van der Waals surface area contributed by atoms with Crippen LogP contribution < -0.4 is 4.90 Å². The summed E-state index contributed by atoms with van der Waals surface area (Å²) in [7, 11) is 2.22. The lowest BCUT2D eigenvalue weighted by Crippen LogP contribution is -2.62. The van der Waals surface area contributed by atoms with E-state index in [1.165, 1.54) is 53.6 Å². The van der Waals surface area contributed by atoms with Gasteiger partial charge < -0.3 is 9.47 Å². The SMILES string of the molecule is Cc1ccccc1N1[C@@H](C)c2c(sc3c2ccn3C)C12C1CC3CC(C1)CC2C3. The van der Waals surface area contributed by atoms with Crippen molar-refractivity contribution in [3.05, 3.63) is 52.5 Å². The zero-order chi connectivity index (χ0) is 19.5. The van der Waals surface area contributed by atoms with Gasteiger partial charge in [0, 0.05) is 34.8 Å². The Morgan fingerprint density at radius 1 is 0.966 bits per heavy atom. The molecule has 29 heavy (non-hydrogen) atoms. The number of hydrogen-bond donors (Lipinski definition) is 0. The number of aromatic nitrogens is 1. The third-order valence-corrected chi connectivity index (χ3v) is 10.5. The van der Waals surface area contributed by atoms with Crippen LogP contribution in [-0.4, -0.2) is 4.57 Å². The summed E-state index contributed by atoms with van der Waals surface area (Å²) < 4.78 is 2.35. The van der Waals surface area contributed by atoms with Gasteiger partial charge in [-0.1, -0.05) is 18.2 Å². The van der Waals surface area contributed by atoms with Crippen molar-refractivity contribution in [1.82, 2.24) is 4.57 Å². The first-order valence-corrected chi connectivity index (χ1v) is 12.3. The third kappa shape index (κ3) is 1.90. The fourth-order valence-electron chi connectivity index (χ4n) is 8.30. The Balaban J connectivity index is 1.54. The van der Waals surface area contributed by atoms with E-state index >= 15 is 0 Å². The van der Waals surface area contributed by atoms with Crippen molar-refractivity contribution in [3.63, 3.8) is 0 Å². The summed E-state index contributed by atoms with van der Waals surface area (Å²) in [5, 5.41) is 1.52. The highest BCUT2D eigenvalue weighted by molar-refractivity contribution is 7.19. The first-order chi connectivity index (χ1) is 14.1. The summed E-state index contributed by atoms with van der Waals surface area (Å²) in [6.07, 6.45) is 9.59. The predicted octanol–water partition coefficient (Wildman–Crippen LogP) is 6.78. The summed E-state index contributed by atoms with van der Waals surface area (Å²) in [6, 6.07) is 12.0. The van der Waals surface area contributed by atoms with E-state index in [0.29, 0.717) is 6.04 Å². The van der Waals surface area contributed by atoms with Crippen molar-refractivity contribution in [2.24, 2.45) is 30.7 Å². The van der Waals surface area contributed by atoms with Crippen LogP contribution in [0.1, 0.15) is 61.1 Å². The molecule has 2 aromatic heterocycles. The molecular formula is C26H30N2S. The van der Waals surface area contributed by atoms with Gasteiger partial charge in [0.25, 0.3) is 0 Å². The molecule has 1 spiro atoms. The zero-order valence-electron chi connectivity index (χ0n) is 17.7. The van der Waals surface area contributed by atoms with Gasteiger partial charge in [-0.05, 0) is 87.3 Å². The van der Waals surface area contributed by atoms with Gasteiger partial charge in [0.1, 0.15) is 4.83 Å². The highest BCUT2D eigenvalue weighted by Crippen LogP contribution is 2.70. The maximum Gasteiger partial charge on any atom is 0.103 e. The highest BCUT2D eigenvalue weighted by Gasteiger charge is 2.65. The largest absolute Gasteiger partial charge is 0.353 e. The van der Waals surface area contributed by atoms with Gasteiger partial charge in [-0.25, -0.2) is 0 Å². The second-order valence-corrected chi connectivity index (χ2v) is 11.5. The van der Waals surface area contributed by atoms with Crippen molar-refractivity contribution in [3.8, 4) is 0 Å². The van der Waals surface area contributed by atoms with E-state index in [-0.39, 0.29) is 5.54 Å². The molecule has 4 saturated carbocycles. The van der Waals surface area contributed by atoms with Gasteiger partial charge in [-0.15, -0.1) is 11.3 Å². The third-order valence-electron chi connectivity index (χ3n) is 9.07. The molecule has 4 aliphatic carbocycles. The monoisotopic (exact) mass is 402 g/mol. The van der Waals surface area contributed by atoms with E-state index < -0.39 is 0 Å². The number of fused-ring (bicyclic) bond motifs is 3. The van der Waals surface area contributed by atoms with Crippen molar-refractivity contribution in [2.45, 2.75) is 57.5 Å². The second kappa shape index (κ2) is 5.49. The van der Waals surface area contributed by atoms with Crippen LogP contribution in [0.4, 0.5) is 5.69 Å². The molecule has 1 aliphatic heterocycles. The number of para-hydroxylation sites is 1. The van der Waals surface area contributed by atoms with Crippen LogP contribution in [0.25, 0.3) is 10.2 Å². The first-order valence-electron chi connectivity index (χ1n) is 11.5. The topological polar surface area (TPSA) is 8.17 Å². The Labute approximate surface area is 177 Å². The van der Waals surface area contributed by atoms with Crippen LogP contribution in [0.3, 0.4) is 0 Å². The normalized spacial score (nSPS) is 37.2. The van der Waals surface area contributed by atoms with E-state index in [0.717, 1.165) is 23.7 Å². The minimum Gasteiger partial charge on any atom is -0.353 e. The molecule has 1 atom stereocenters. The molecule has 0 N–H and O–H groups in total. The predicted molar refractivity (Wildman–Crippen MR) is 122 cm³/mol. The summed E-state index contributed by atoms with van der Waals surface area (Å²) in [5.74, 6) is 3.65. The molecule has 0 unspecified atom stereocenters. The molecule has 0 saturated heterocycles. The molecule has 4 fully saturated rings. The maximum absolute atomic E-state index is 2.93. The molecule has 3 aromatic rings. The zero-order valence-corrected chi connectivity index (χ0v) is 18.5.